The summed E-state index contributed by atoms with van der Waals surface area (Å²) in [6.07, 6.45) is 0. The smallest absolute Gasteiger partial charge is 0.296 e. The zero-order chi connectivity index (χ0) is 15.1. The van der Waals surface area contributed by atoms with E-state index in [1.165, 1.54) is 13.2 Å². The van der Waals surface area contributed by atoms with Crippen LogP contribution < -0.4 is 10.1 Å². The minimum absolute atomic E-state index is 0.0561. The van der Waals surface area contributed by atoms with Crippen LogP contribution in [0.5, 0.6) is 5.75 Å². The first-order chi connectivity index (χ1) is 9.21. The van der Waals surface area contributed by atoms with Gasteiger partial charge in [-0.2, -0.15) is 0 Å². The third-order valence-electron chi connectivity index (χ3n) is 5.22. The van der Waals surface area contributed by atoms with Crippen LogP contribution in [0.2, 0.25) is 0 Å². The molecule has 110 valence electrons. The molecule has 0 aliphatic heterocycles. The highest BCUT2D eigenvalue weighted by atomic mass is 16.6. The van der Waals surface area contributed by atoms with Gasteiger partial charge >= 0.3 is 0 Å². The first-order valence-corrected chi connectivity index (χ1v) is 6.78. The van der Waals surface area contributed by atoms with Crippen molar-refractivity contribution < 1.29 is 9.66 Å². The highest BCUT2D eigenvalue weighted by Gasteiger charge is 2.64. The van der Waals surface area contributed by atoms with E-state index in [0.29, 0.717) is 17.4 Å². The Kier molecular flexibility index (Phi) is 3.40. The third-order valence-corrected chi connectivity index (χ3v) is 5.22. The topological polar surface area (TPSA) is 64.4 Å². The van der Waals surface area contributed by atoms with E-state index < -0.39 is 0 Å². The summed E-state index contributed by atoms with van der Waals surface area (Å²) < 4.78 is 5.03. The summed E-state index contributed by atoms with van der Waals surface area (Å²) in [5.41, 5.74) is 1.14. The fourth-order valence-electron chi connectivity index (χ4n) is 2.99. The fraction of sp³-hybridized carbons (Fsp3) is 0.600. The van der Waals surface area contributed by atoms with Crippen LogP contribution in [-0.4, -0.2) is 18.6 Å². The average molecular weight is 278 g/mol. The van der Waals surface area contributed by atoms with Crippen LogP contribution in [0.25, 0.3) is 0 Å². The van der Waals surface area contributed by atoms with Gasteiger partial charge in [-0.05, 0) is 28.9 Å². The first-order valence-electron chi connectivity index (χ1n) is 6.78. The van der Waals surface area contributed by atoms with Crippen molar-refractivity contribution in [1.29, 1.82) is 0 Å². The molecule has 5 nitrogen and oxygen atoms in total. The molecule has 1 N–H and O–H groups in total. The standard InChI is InChI=1S/C15H22N2O3/c1-14(2)13(15(14,3)4)9-16-11-7-6-10(20-5)8-12(11)17(18)19/h6-8,13,16H,9H2,1-5H3. The number of benzene rings is 1. The highest BCUT2D eigenvalue weighted by molar-refractivity contribution is 5.64. The van der Waals surface area contributed by atoms with Crippen LogP contribution in [0.15, 0.2) is 18.2 Å². The second-order valence-electron chi connectivity index (χ2n) is 6.52. The molecule has 0 heterocycles. The summed E-state index contributed by atoms with van der Waals surface area (Å²) in [5, 5.41) is 14.3. The van der Waals surface area contributed by atoms with Crippen LogP contribution in [0.1, 0.15) is 27.7 Å². The van der Waals surface area contributed by atoms with E-state index in [4.69, 9.17) is 4.74 Å². The number of anilines is 1. The molecule has 0 unspecified atom stereocenters. The Morgan fingerprint density at radius 3 is 2.35 bits per heavy atom. The summed E-state index contributed by atoms with van der Waals surface area (Å²) in [5.74, 6) is 1.01. The Balaban J connectivity index is 2.13. The average Bonchev–Trinajstić information content (AvgIpc) is 2.77. The summed E-state index contributed by atoms with van der Waals surface area (Å²) in [7, 11) is 1.50. The second-order valence-corrected chi connectivity index (χ2v) is 6.52. The first kappa shape index (κ1) is 14.6. The van der Waals surface area contributed by atoms with Crippen molar-refractivity contribution in [3.8, 4) is 5.75 Å². The molecule has 1 saturated carbocycles. The number of methoxy groups -OCH3 is 1. The number of rotatable bonds is 5. The van der Waals surface area contributed by atoms with Gasteiger partial charge in [-0.25, -0.2) is 0 Å². The minimum atomic E-state index is -0.381. The molecular weight excluding hydrogens is 256 g/mol. The Bertz CT molecular complexity index is 524. The van der Waals surface area contributed by atoms with Gasteiger partial charge in [0.05, 0.1) is 18.1 Å². The van der Waals surface area contributed by atoms with Crippen LogP contribution >= 0.6 is 0 Å². The van der Waals surface area contributed by atoms with Gasteiger partial charge in [-0.1, -0.05) is 27.7 Å². The molecule has 0 saturated heterocycles. The van der Waals surface area contributed by atoms with E-state index in [0.717, 1.165) is 6.54 Å². The van der Waals surface area contributed by atoms with Crippen molar-refractivity contribution in [2.75, 3.05) is 19.0 Å². The van der Waals surface area contributed by atoms with Crippen molar-refractivity contribution in [2.24, 2.45) is 16.7 Å². The van der Waals surface area contributed by atoms with Gasteiger partial charge < -0.3 is 10.1 Å². The van der Waals surface area contributed by atoms with Crippen LogP contribution in [-0.2, 0) is 0 Å². The predicted octanol–water partition coefficient (Wildman–Crippen LogP) is 3.70. The van der Waals surface area contributed by atoms with Crippen molar-refractivity contribution in [2.45, 2.75) is 27.7 Å². The maximum atomic E-state index is 11.1. The highest BCUT2D eigenvalue weighted by Crippen LogP contribution is 2.68. The Labute approximate surface area is 119 Å². The summed E-state index contributed by atoms with van der Waals surface area (Å²) >= 11 is 0. The van der Waals surface area contributed by atoms with Crippen molar-refractivity contribution in [3.05, 3.63) is 28.3 Å². The summed E-state index contributed by atoms with van der Waals surface area (Å²) in [6.45, 7) is 9.69. The lowest BCUT2D eigenvalue weighted by Crippen LogP contribution is -2.09. The molecule has 0 atom stereocenters. The van der Waals surface area contributed by atoms with Crippen molar-refractivity contribution >= 4 is 11.4 Å². The molecular formula is C15H22N2O3. The van der Waals surface area contributed by atoms with Gasteiger partial charge in [-0.15, -0.1) is 0 Å². The molecule has 0 radical (unpaired) electrons. The number of hydrogen-bond donors (Lipinski definition) is 1. The van der Waals surface area contributed by atoms with E-state index >= 15 is 0 Å². The lowest BCUT2D eigenvalue weighted by atomic mass is 10.0. The second kappa shape index (κ2) is 4.65. The molecule has 0 amide bonds. The SMILES string of the molecule is COc1ccc(NCC2C(C)(C)C2(C)C)c([N+](=O)[O-])c1. The number of ether oxygens (including phenoxy) is 1. The molecule has 1 aromatic rings. The molecule has 5 heteroatoms. The maximum Gasteiger partial charge on any atom is 0.296 e. The number of nitro groups is 1. The summed E-state index contributed by atoms with van der Waals surface area (Å²) in [4.78, 5) is 10.7. The lowest BCUT2D eigenvalue weighted by Gasteiger charge is -2.09. The number of nitro benzene ring substituents is 1. The molecule has 1 aliphatic rings. The molecule has 0 spiro atoms. The van der Waals surface area contributed by atoms with Crippen molar-refractivity contribution in [3.63, 3.8) is 0 Å². The molecule has 20 heavy (non-hydrogen) atoms. The fourth-order valence-corrected chi connectivity index (χ4v) is 2.99. The van der Waals surface area contributed by atoms with Gasteiger partial charge in [0.15, 0.2) is 0 Å². The van der Waals surface area contributed by atoms with Crippen LogP contribution in [0.4, 0.5) is 11.4 Å². The Morgan fingerprint density at radius 2 is 1.90 bits per heavy atom. The van der Waals surface area contributed by atoms with Crippen LogP contribution in [0, 0.1) is 26.9 Å². The monoisotopic (exact) mass is 278 g/mol. The minimum Gasteiger partial charge on any atom is -0.496 e. The zero-order valence-electron chi connectivity index (χ0n) is 12.7. The van der Waals surface area contributed by atoms with E-state index in [9.17, 15) is 10.1 Å². The van der Waals surface area contributed by atoms with Gasteiger partial charge in [-0.3, -0.25) is 10.1 Å². The molecule has 1 fully saturated rings. The molecule has 2 rings (SSSR count). The quantitative estimate of drug-likeness (QED) is 0.659. The van der Waals surface area contributed by atoms with Gasteiger partial charge in [0.2, 0.25) is 0 Å². The van der Waals surface area contributed by atoms with Gasteiger partial charge in [0, 0.05) is 6.54 Å². The van der Waals surface area contributed by atoms with Crippen molar-refractivity contribution in [1.82, 2.24) is 0 Å². The number of nitrogens with one attached hydrogen (secondary N) is 1. The Hall–Kier alpha value is -1.78. The van der Waals surface area contributed by atoms with Crippen LogP contribution in [0.3, 0.4) is 0 Å². The van der Waals surface area contributed by atoms with E-state index in [-0.39, 0.29) is 21.4 Å². The van der Waals surface area contributed by atoms with E-state index in [2.05, 4.69) is 33.0 Å². The molecule has 0 aromatic heterocycles. The summed E-state index contributed by atoms with van der Waals surface area (Å²) in [6, 6.07) is 4.89. The van der Waals surface area contributed by atoms with Gasteiger partial charge in [0.25, 0.3) is 5.69 Å². The third kappa shape index (κ3) is 2.21. The largest absolute Gasteiger partial charge is 0.496 e. The number of hydrogen-bond acceptors (Lipinski definition) is 4. The molecule has 0 bridgehead atoms. The normalized spacial score (nSPS) is 19.4. The number of nitrogens with zero attached hydrogens (tertiary/aromatic N) is 1. The molecule has 1 aliphatic carbocycles. The Morgan fingerprint density at radius 1 is 1.30 bits per heavy atom. The lowest BCUT2D eigenvalue weighted by molar-refractivity contribution is -0.384. The predicted molar refractivity (Wildman–Crippen MR) is 79.2 cm³/mol. The van der Waals surface area contributed by atoms with E-state index in [1.807, 2.05) is 0 Å². The zero-order valence-corrected chi connectivity index (χ0v) is 12.7. The molecule has 1 aromatic carbocycles. The van der Waals surface area contributed by atoms with Gasteiger partial charge in [0.1, 0.15) is 11.4 Å². The van der Waals surface area contributed by atoms with E-state index in [1.54, 1.807) is 12.1 Å². The maximum absolute atomic E-state index is 11.1.